The zero-order valence-corrected chi connectivity index (χ0v) is 11.6. The lowest BCUT2D eigenvalue weighted by atomic mass is 10.3. The summed E-state index contributed by atoms with van der Waals surface area (Å²) in [5.74, 6) is 0.0226. The van der Waals surface area contributed by atoms with E-state index < -0.39 is 0 Å². The molecule has 0 fully saturated rings. The third-order valence-corrected chi connectivity index (χ3v) is 3.10. The second kappa shape index (κ2) is 5.69. The Labute approximate surface area is 113 Å². The molecule has 0 unspecified atom stereocenters. The molecule has 1 aromatic heterocycles. The van der Waals surface area contributed by atoms with E-state index in [4.69, 9.17) is 0 Å². The van der Waals surface area contributed by atoms with E-state index in [-0.39, 0.29) is 5.91 Å². The highest BCUT2D eigenvalue weighted by atomic mass is 16.2. The summed E-state index contributed by atoms with van der Waals surface area (Å²) in [5, 5.41) is 4.42. The summed E-state index contributed by atoms with van der Waals surface area (Å²) in [6, 6.07) is 11.6. The van der Waals surface area contributed by atoms with E-state index in [1.807, 2.05) is 57.2 Å². The molecular formula is C15H19N3O. The number of hydrogen-bond donors (Lipinski definition) is 0. The number of nitrogens with zero attached hydrogens (tertiary/aromatic N) is 3. The van der Waals surface area contributed by atoms with Gasteiger partial charge in [-0.05, 0) is 39.0 Å². The molecule has 0 saturated heterocycles. The molecule has 0 bridgehead atoms. The molecule has 100 valence electrons. The van der Waals surface area contributed by atoms with Gasteiger partial charge in [0.25, 0.3) is 5.91 Å². The van der Waals surface area contributed by atoms with E-state index in [0.717, 1.165) is 11.4 Å². The molecule has 0 N–H and O–H groups in total. The van der Waals surface area contributed by atoms with Gasteiger partial charge < -0.3 is 4.90 Å². The summed E-state index contributed by atoms with van der Waals surface area (Å²) in [5.41, 5.74) is 2.37. The van der Waals surface area contributed by atoms with Crippen molar-refractivity contribution >= 4 is 5.91 Å². The van der Waals surface area contributed by atoms with Crippen LogP contribution in [0.25, 0.3) is 5.69 Å². The third kappa shape index (κ3) is 2.67. The SMILES string of the molecule is CCN(CC)C(=O)c1cc(C)nn1-c1ccccc1. The van der Waals surface area contributed by atoms with Gasteiger partial charge in [-0.1, -0.05) is 18.2 Å². The molecule has 0 atom stereocenters. The maximum absolute atomic E-state index is 12.5. The summed E-state index contributed by atoms with van der Waals surface area (Å²) in [6.07, 6.45) is 0. The van der Waals surface area contributed by atoms with E-state index in [0.29, 0.717) is 18.8 Å². The van der Waals surface area contributed by atoms with Crippen molar-refractivity contribution in [2.45, 2.75) is 20.8 Å². The van der Waals surface area contributed by atoms with Gasteiger partial charge in [0.2, 0.25) is 0 Å². The van der Waals surface area contributed by atoms with Crippen molar-refractivity contribution in [3.63, 3.8) is 0 Å². The van der Waals surface area contributed by atoms with Gasteiger partial charge in [-0.15, -0.1) is 0 Å². The first-order valence-corrected chi connectivity index (χ1v) is 6.58. The molecule has 2 aromatic rings. The number of aromatic nitrogens is 2. The second-order valence-electron chi connectivity index (χ2n) is 4.40. The lowest BCUT2D eigenvalue weighted by Gasteiger charge is -2.19. The summed E-state index contributed by atoms with van der Waals surface area (Å²) in [4.78, 5) is 14.3. The highest BCUT2D eigenvalue weighted by molar-refractivity contribution is 5.93. The zero-order chi connectivity index (χ0) is 13.8. The monoisotopic (exact) mass is 257 g/mol. The number of carbonyl (C=O) groups excluding carboxylic acids is 1. The van der Waals surface area contributed by atoms with E-state index in [1.165, 1.54) is 0 Å². The molecule has 0 aliphatic heterocycles. The van der Waals surface area contributed by atoms with Gasteiger partial charge in [0.05, 0.1) is 11.4 Å². The van der Waals surface area contributed by atoms with Crippen LogP contribution in [0.1, 0.15) is 30.0 Å². The minimum Gasteiger partial charge on any atom is -0.338 e. The summed E-state index contributed by atoms with van der Waals surface area (Å²) in [6.45, 7) is 7.27. The molecule has 0 saturated carbocycles. The number of hydrogen-bond acceptors (Lipinski definition) is 2. The summed E-state index contributed by atoms with van der Waals surface area (Å²) >= 11 is 0. The number of aryl methyl sites for hydroxylation is 1. The van der Waals surface area contributed by atoms with Crippen LogP contribution in [0, 0.1) is 6.92 Å². The fourth-order valence-electron chi connectivity index (χ4n) is 2.09. The van der Waals surface area contributed by atoms with Crippen LogP contribution in [-0.4, -0.2) is 33.7 Å². The van der Waals surface area contributed by atoms with E-state index in [2.05, 4.69) is 5.10 Å². The molecule has 0 aliphatic rings. The number of carbonyl (C=O) groups is 1. The number of amides is 1. The molecule has 1 heterocycles. The van der Waals surface area contributed by atoms with Crippen molar-refractivity contribution in [3.05, 3.63) is 47.8 Å². The highest BCUT2D eigenvalue weighted by Crippen LogP contribution is 2.14. The molecule has 2 rings (SSSR count). The van der Waals surface area contributed by atoms with Gasteiger partial charge in [-0.2, -0.15) is 5.10 Å². The van der Waals surface area contributed by atoms with Crippen LogP contribution in [0.5, 0.6) is 0 Å². The molecule has 4 nitrogen and oxygen atoms in total. The highest BCUT2D eigenvalue weighted by Gasteiger charge is 2.19. The Morgan fingerprint density at radius 1 is 1.21 bits per heavy atom. The fraction of sp³-hybridized carbons (Fsp3) is 0.333. The first-order valence-electron chi connectivity index (χ1n) is 6.58. The fourth-order valence-corrected chi connectivity index (χ4v) is 2.09. The smallest absolute Gasteiger partial charge is 0.272 e. The first-order chi connectivity index (χ1) is 9.17. The molecule has 1 aromatic carbocycles. The maximum atomic E-state index is 12.5. The van der Waals surface area contributed by atoms with Crippen LogP contribution in [0.2, 0.25) is 0 Å². The number of para-hydroxylation sites is 1. The number of benzene rings is 1. The molecule has 4 heteroatoms. The lowest BCUT2D eigenvalue weighted by molar-refractivity contribution is 0.0764. The average Bonchev–Trinajstić information content (AvgIpc) is 2.83. The van der Waals surface area contributed by atoms with Crippen LogP contribution in [0.3, 0.4) is 0 Å². The predicted molar refractivity (Wildman–Crippen MR) is 75.6 cm³/mol. The summed E-state index contributed by atoms with van der Waals surface area (Å²) in [7, 11) is 0. The Hall–Kier alpha value is -2.10. The minimum atomic E-state index is 0.0226. The van der Waals surface area contributed by atoms with Crippen molar-refractivity contribution in [1.82, 2.24) is 14.7 Å². The maximum Gasteiger partial charge on any atom is 0.272 e. The predicted octanol–water partition coefficient (Wildman–Crippen LogP) is 2.66. The standard InChI is InChI=1S/C15H19N3O/c1-4-17(5-2)15(19)14-11-12(3)16-18(14)13-9-7-6-8-10-13/h6-11H,4-5H2,1-3H3. The summed E-state index contributed by atoms with van der Waals surface area (Å²) < 4.78 is 1.72. The van der Waals surface area contributed by atoms with Crippen LogP contribution < -0.4 is 0 Å². The van der Waals surface area contributed by atoms with Gasteiger partial charge >= 0.3 is 0 Å². The Balaban J connectivity index is 2.45. The van der Waals surface area contributed by atoms with Gasteiger partial charge in [0, 0.05) is 13.1 Å². The average molecular weight is 257 g/mol. The minimum absolute atomic E-state index is 0.0226. The molecular weight excluding hydrogens is 238 g/mol. The van der Waals surface area contributed by atoms with Crippen molar-refractivity contribution in [2.75, 3.05) is 13.1 Å². The van der Waals surface area contributed by atoms with Crippen molar-refractivity contribution in [2.24, 2.45) is 0 Å². The largest absolute Gasteiger partial charge is 0.338 e. The van der Waals surface area contributed by atoms with Gasteiger partial charge in [-0.25, -0.2) is 4.68 Å². The van der Waals surface area contributed by atoms with E-state index in [1.54, 1.807) is 9.58 Å². The Morgan fingerprint density at radius 3 is 2.42 bits per heavy atom. The molecule has 1 amide bonds. The first kappa shape index (κ1) is 13.3. The van der Waals surface area contributed by atoms with E-state index in [9.17, 15) is 4.79 Å². The Bertz CT molecular complexity index is 556. The van der Waals surface area contributed by atoms with Gasteiger partial charge in [0.1, 0.15) is 5.69 Å². The van der Waals surface area contributed by atoms with Crippen LogP contribution >= 0.6 is 0 Å². The molecule has 0 radical (unpaired) electrons. The van der Waals surface area contributed by atoms with Gasteiger partial charge in [-0.3, -0.25) is 4.79 Å². The molecule has 0 spiro atoms. The van der Waals surface area contributed by atoms with Crippen molar-refractivity contribution in [1.29, 1.82) is 0 Å². The van der Waals surface area contributed by atoms with Crippen molar-refractivity contribution in [3.8, 4) is 5.69 Å². The quantitative estimate of drug-likeness (QED) is 0.844. The number of rotatable bonds is 4. The normalized spacial score (nSPS) is 10.5. The van der Waals surface area contributed by atoms with Gasteiger partial charge in [0.15, 0.2) is 0 Å². The van der Waals surface area contributed by atoms with Crippen molar-refractivity contribution < 1.29 is 4.79 Å². The third-order valence-electron chi connectivity index (χ3n) is 3.10. The van der Waals surface area contributed by atoms with Crippen LogP contribution in [0.4, 0.5) is 0 Å². The topological polar surface area (TPSA) is 38.1 Å². The van der Waals surface area contributed by atoms with Crippen LogP contribution in [0.15, 0.2) is 36.4 Å². The van der Waals surface area contributed by atoms with E-state index >= 15 is 0 Å². The Kier molecular flexibility index (Phi) is 4.00. The second-order valence-corrected chi connectivity index (χ2v) is 4.40. The Morgan fingerprint density at radius 2 is 1.84 bits per heavy atom. The lowest BCUT2D eigenvalue weighted by Crippen LogP contribution is -2.32. The zero-order valence-electron chi connectivity index (χ0n) is 11.6. The van der Waals surface area contributed by atoms with Crippen LogP contribution in [-0.2, 0) is 0 Å². The molecule has 0 aliphatic carbocycles. The molecule has 19 heavy (non-hydrogen) atoms.